The lowest BCUT2D eigenvalue weighted by molar-refractivity contribution is -0.120. The van der Waals surface area contributed by atoms with E-state index < -0.39 is 0 Å². The van der Waals surface area contributed by atoms with E-state index in [0.717, 1.165) is 5.56 Å². The molecule has 2 rings (SSSR count). The van der Waals surface area contributed by atoms with Gasteiger partial charge in [-0.2, -0.15) is 0 Å². The quantitative estimate of drug-likeness (QED) is 0.922. The molecule has 0 radical (unpaired) electrons. The smallest absolute Gasteiger partial charge is 0.224 e. The Morgan fingerprint density at radius 1 is 1.37 bits per heavy atom. The maximum atomic E-state index is 11.8. The first-order valence-corrected chi connectivity index (χ1v) is 6.57. The van der Waals surface area contributed by atoms with E-state index >= 15 is 0 Å². The number of carbonyl (C=O) groups is 1. The number of aromatic nitrogens is 2. The highest BCUT2D eigenvalue weighted by Crippen LogP contribution is 2.20. The summed E-state index contributed by atoms with van der Waals surface area (Å²) in [6.45, 7) is 1.24. The van der Waals surface area contributed by atoms with E-state index in [-0.39, 0.29) is 12.3 Å². The van der Waals surface area contributed by atoms with Crippen molar-refractivity contribution >= 4 is 29.1 Å². The molecular weight excluding hydrogens is 285 g/mol. The summed E-state index contributed by atoms with van der Waals surface area (Å²) in [5.74, 6) is -0.0794. The third-order valence-electron chi connectivity index (χ3n) is 2.61. The van der Waals surface area contributed by atoms with Gasteiger partial charge in [0.25, 0.3) is 0 Å². The fraction of sp³-hybridized carbons (Fsp3) is 0.231. The number of amides is 1. The van der Waals surface area contributed by atoms with Crippen molar-refractivity contribution in [3.05, 3.63) is 52.5 Å². The molecule has 1 amide bonds. The topological polar surface area (TPSA) is 46.9 Å². The molecule has 0 spiro atoms. The van der Waals surface area contributed by atoms with Gasteiger partial charge < -0.3 is 9.88 Å². The zero-order valence-electron chi connectivity index (χ0n) is 10.1. The molecule has 0 aliphatic carbocycles. The van der Waals surface area contributed by atoms with Crippen LogP contribution < -0.4 is 5.32 Å². The first-order valence-electron chi connectivity index (χ1n) is 5.81. The van der Waals surface area contributed by atoms with Gasteiger partial charge >= 0.3 is 0 Å². The van der Waals surface area contributed by atoms with E-state index in [9.17, 15) is 4.79 Å². The molecule has 0 saturated heterocycles. The first kappa shape index (κ1) is 13.9. The van der Waals surface area contributed by atoms with Gasteiger partial charge in [-0.15, -0.1) is 0 Å². The standard InChI is InChI=1S/C13H13Cl2N3O/c14-11-1-2-12(15)10(7-11)8-13(19)17-4-6-18-5-3-16-9-18/h1-3,5,7,9H,4,6,8H2,(H,17,19). The minimum atomic E-state index is -0.0794. The van der Waals surface area contributed by atoms with E-state index in [4.69, 9.17) is 23.2 Å². The van der Waals surface area contributed by atoms with Crippen LogP contribution in [0.2, 0.25) is 10.0 Å². The maximum Gasteiger partial charge on any atom is 0.224 e. The molecule has 1 N–H and O–H groups in total. The molecule has 0 unspecified atom stereocenters. The lowest BCUT2D eigenvalue weighted by Crippen LogP contribution is -2.28. The van der Waals surface area contributed by atoms with Crippen LogP contribution in [-0.4, -0.2) is 22.0 Å². The van der Waals surface area contributed by atoms with Crippen molar-refractivity contribution in [3.8, 4) is 0 Å². The molecule has 1 heterocycles. The number of benzene rings is 1. The largest absolute Gasteiger partial charge is 0.354 e. The number of nitrogens with one attached hydrogen (secondary N) is 1. The number of carbonyl (C=O) groups excluding carboxylic acids is 1. The highest BCUT2D eigenvalue weighted by molar-refractivity contribution is 6.33. The van der Waals surface area contributed by atoms with Crippen LogP contribution in [0.15, 0.2) is 36.9 Å². The summed E-state index contributed by atoms with van der Waals surface area (Å²) in [6, 6.07) is 5.10. The Morgan fingerprint density at radius 3 is 2.95 bits per heavy atom. The van der Waals surface area contributed by atoms with Gasteiger partial charge in [0.2, 0.25) is 5.91 Å². The van der Waals surface area contributed by atoms with Gasteiger partial charge in [0, 0.05) is 35.5 Å². The average Bonchev–Trinajstić information content (AvgIpc) is 2.87. The molecule has 100 valence electrons. The third-order valence-corrected chi connectivity index (χ3v) is 3.21. The SMILES string of the molecule is O=C(Cc1cc(Cl)ccc1Cl)NCCn1ccnc1. The van der Waals surface area contributed by atoms with Crippen molar-refractivity contribution in [2.24, 2.45) is 0 Å². The zero-order valence-corrected chi connectivity index (χ0v) is 11.7. The van der Waals surface area contributed by atoms with Gasteiger partial charge in [-0.1, -0.05) is 23.2 Å². The Labute approximate surface area is 121 Å². The zero-order chi connectivity index (χ0) is 13.7. The molecule has 19 heavy (non-hydrogen) atoms. The van der Waals surface area contributed by atoms with Gasteiger partial charge in [-0.3, -0.25) is 4.79 Å². The Kier molecular flexibility index (Phi) is 4.82. The van der Waals surface area contributed by atoms with Gasteiger partial charge in [-0.05, 0) is 23.8 Å². The van der Waals surface area contributed by atoms with Gasteiger partial charge in [0.1, 0.15) is 0 Å². The molecular formula is C13H13Cl2N3O. The number of nitrogens with zero attached hydrogens (tertiary/aromatic N) is 2. The van der Waals surface area contributed by atoms with Gasteiger partial charge in [0.15, 0.2) is 0 Å². The van der Waals surface area contributed by atoms with Crippen LogP contribution in [0, 0.1) is 0 Å². The molecule has 1 aromatic heterocycles. The molecule has 6 heteroatoms. The normalized spacial score (nSPS) is 10.4. The monoisotopic (exact) mass is 297 g/mol. The molecule has 0 saturated carbocycles. The lowest BCUT2D eigenvalue weighted by Gasteiger charge is -2.07. The Morgan fingerprint density at radius 2 is 2.21 bits per heavy atom. The van der Waals surface area contributed by atoms with Crippen molar-refractivity contribution < 1.29 is 4.79 Å². The second-order valence-corrected chi connectivity index (χ2v) is 4.91. The molecule has 2 aromatic rings. The number of hydrogen-bond acceptors (Lipinski definition) is 2. The summed E-state index contributed by atoms with van der Waals surface area (Å²) >= 11 is 11.9. The Bertz CT molecular complexity index is 555. The number of imidazole rings is 1. The van der Waals surface area contributed by atoms with Crippen LogP contribution in [0.4, 0.5) is 0 Å². The second kappa shape index (κ2) is 6.59. The molecule has 4 nitrogen and oxygen atoms in total. The second-order valence-electron chi connectivity index (χ2n) is 4.06. The maximum absolute atomic E-state index is 11.8. The predicted molar refractivity (Wildman–Crippen MR) is 75.4 cm³/mol. The molecule has 0 aliphatic rings. The van der Waals surface area contributed by atoms with E-state index in [1.807, 2.05) is 10.8 Å². The Balaban J connectivity index is 1.82. The van der Waals surface area contributed by atoms with Crippen LogP contribution in [0.1, 0.15) is 5.56 Å². The molecule has 0 atom stereocenters. The highest BCUT2D eigenvalue weighted by atomic mass is 35.5. The Hall–Kier alpha value is -1.52. The minimum absolute atomic E-state index is 0.0794. The van der Waals surface area contributed by atoms with Crippen LogP contribution >= 0.6 is 23.2 Å². The van der Waals surface area contributed by atoms with Crippen molar-refractivity contribution in [1.82, 2.24) is 14.9 Å². The summed E-state index contributed by atoms with van der Waals surface area (Å²) in [5, 5.41) is 3.95. The summed E-state index contributed by atoms with van der Waals surface area (Å²) in [4.78, 5) is 15.7. The summed E-state index contributed by atoms with van der Waals surface area (Å²) in [5.41, 5.74) is 0.731. The fourth-order valence-electron chi connectivity index (χ4n) is 1.66. The molecule has 1 aromatic carbocycles. The predicted octanol–water partition coefficient (Wildman–Crippen LogP) is 2.55. The van der Waals surface area contributed by atoms with Crippen molar-refractivity contribution in [3.63, 3.8) is 0 Å². The summed E-state index contributed by atoms with van der Waals surface area (Å²) in [7, 11) is 0. The number of hydrogen-bond donors (Lipinski definition) is 1. The van der Waals surface area contributed by atoms with E-state index in [0.29, 0.717) is 23.1 Å². The molecule has 0 aliphatic heterocycles. The molecule has 0 fully saturated rings. The van der Waals surface area contributed by atoms with Crippen LogP contribution in [0.25, 0.3) is 0 Å². The van der Waals surface area contributed by atoms with Crippen LogP contribution in [0.3, 0.4) is 0 Å². The van der Waals surface area contributed by atoms with Crippen LogP contribution in [0.5, 0.6) is 0 Å². The lowest BCUT2D eigenvalue weighted by atomic mass is 10.1. The number of halogens is 2. The van der Waals surface area contributed by atoms with Crippen molar-refractivity contribution in [2.75, 3.05) is 6.54 Å². The fourth-order valence-corrected chi connectivity index (χ4v) is 2.04. The average molecular weight is 298 g/mol. The van der Waals surface area contributed by atoms with E-state index in [2.05, 4.69) is 10.3 Å². The highest BCUT2D eigenvalue weighted by Gasteiger charge is 2.07. The summed E-state index contributed by atoms with van der Waals surface area (Å²) < 4.78 is 1.90. The first-order chi connectivity index (χ1) is 9.15. The van der Waals surface area contributed by atoms with Crippen LogP contribution in [-0.2, 0) is 17.8 Å². The van der Waals surface area contributed by atoms with Crippen molar-refractivity contribution in [1.29, 1.82) is 0 Å². The van der Waals surface area contributed by atoms with E-state index in [1.54, 1.807) is 30.7 Å². The van der Waals surface area contributed by atoms with Gasteiger partial charge in [0.05, 0.1) is 12.7 Å². The van der Waals surface area contributed by atoms with Crippen molar-refractivity contribution in [2.45, 2.75) is 13.0 Å². The summed E-state index contributed by atoms with van der Waals surface area (Å²) in [6.07, 6.45) is 5.48. The third kappa shape index (κ3) is 4.26. The van der Waals surface area contributed by atoms with Gasteiger partial charge in [-0.25, -0.2) is 4.98 Å². The van der Waals surface area contributed by atoms with E-state index in [1.165, 1.54) is 0 Å². The molecule has 0 bridgehead atoms. The minimum Gasteiger partial charge on any atom is -0.354 e. The number of rotatable bonds is 5.